The highest BCUT2D eigenvalue weighted by atomic mass is 15.0. The Morgan fingerprint density at radius 3 is 2.26 bits per heavy atom. The lowest BCUT2D eigenvalue weighted by atomic mass is 10.1. The molecule has 23 heavy (non-hydrogen) atoms. The van der Waals surface area contributed by atoms with Gasteiger partial charge in [-0.25, -0.2) is 4.98 Å². The maximum Gasteiger partial charge on any atom is 0.144 e. The van der Waals surface area contributed by atoms with Crippen LogP contribution >= 0.6 is 0 Å². The SMILES string of the molecule is N#Cc1ccc(-c2ccccc2)nc1NCCc1ccccc1. The molecule has 3 rings (SSSR count). The smallest absolute Gasteiger partial charge is 0.144 e. The van der Waals surface area contributed by atoms with E-state index in [4.69, 9.17) is 0 Å². The van der Waals surface area contributed by atoms with E-state index in [1.807, 2.05) is 60.7 Å². The van der Waals surface area contributed by atoms with Gasteiger partial charge >= 0.3 is 0 Å². The third-order valence-electron chi connectivity index (χ3n) is 3.63. The summed E-state index contributed by atoms with van der Waals surface area (Å²) in [6.07, 6.45) is 0.892. The molecule has 112 valence electrons. The van der Waals surface area contributed by atoms with Gasteiger partial charge < -0.3 is 5.32 Å². The average molecular weight is 299 g/mol. The van der Waals surface area contributed by atoms with Crippen molar-refractivity contribution in [3.05, 3.63) is 83.9 Å². The Balaban J connectivity index is 1.76. The molecule has 0 saturated heterocycles. The van der Waals surface area contributed by atoms with Crippen LogP contribution in [-0.2, 0) is 6.42 Å². The summed E-state index contributed by atoms with van der Waals surface area (Å²) in [6, 6.07) is 26.2. The predicted octanol–water partition coefficient (Wildman–Crippen LogP) is 4.27. The molecule has 1 heterocycles. The number of benzene rings is 2. The Morgan fingerprint density at radius 1 is 0.870 bits per heavy atom. The van der Waals surface area contributed by atoms with Gasteiger partial charge in [0.25, 0.3) is 0 Å². The number of nitrogens with zero attached hydrogens (tertiary/aromatic N) is 2. The van der Waals surface area contributed by atoms with Gasteiger partial charge in [-0.3, -0.25) is 0 Å². The topological polar surface area (TPSA) is 48.7 Å². The number of rotatable bonds is 5. The van der Waals surface area contributed by atoms with Crippen molar-refractivity contribution >= 4 is 5.82 Å². The van der Waals surface area contributed by atoms with Crippen LogP contribution in [0.5, 0.6) is 0 Å². The monoisotopic (exact) mass is 299 g/mol. The lowest BCUT2D eigenvalue weighted by molar-refractivity contribution is 1.01. The molecule has 0 atom stereocenters. The molecule has 0 unspecified atom stereocenters. The van der Waals surface area contributed by atoms with E-state index in [2.05, 4.69) is 28.5 Å². The van der Waals surface area contributed by atoms with Gasteiger partial charge in [-0.05, 0) is 24.1 Å². The number of anilines is 1. The van der Waals surface area contributed by atoms with Crippen LogP contribution in [0.1, 0.15) is 11.1 Å². The van der Waals surface area contributed by atoms with Crippen molar-refractivity contribution in [3.63, 3.8) is 0 Å². The van der Waals surface area contributed by atoms with Crippen LogP contribution in [0.15, 0.2) is 72.8 Å². The Morgan fingerprint density at radius 2 is 1.57 bits per heavy atom. The van der Waals surface area contributed by atoms with Crippen molar-refractivity contribution < 1.29 is 0 Å². The molecule has 0 spiro atoms. The van der Waals surface area contributed by atoms with Gasteiger partial charge in [-0.15, -0.1) is 0 Å². The van der Waals surface area contributed by atoms with Crippen LogP contribution in [0.25, 0.3) is 11.3 Å². The highest BCUT2D eigenvalue weighted by Crippen LogP contribution is 2.21. The Hall–Kier alpha value is -3.12. The van der Waals surface area contributed by atoms with E-state index < -0.39 is 0 Å². The van der Waals surface area contributed by atoms with Gasteiger partial charge in [-0.1, -0.05) is 60.7 Å². The first kappa shape index (κ1) is 14.8. The van der Waals surface area contributed by atoms with E-state index in [9.17, 15) is 5.26 Å². The molecule has 2 aromatic carbocycles. The summed E-state index contributed by atoms with van der Waals surface area (Å²) in [5.41, 5.74) is 3.74. The number of aromatic nitrogens is 1. The van der Waals surface area contributed by atoms with Gasteiger partial charge in [0.05, 0.1) is 11.3 Å². The van der Waals surface area contributed by atoms with Crippen LogP contribution in [0.2, 0.25) is 0 Å². The molecule has 0 bridgehead atoms. The highest BCUT2D eigenvalue weighted by molar-refractivity contribution is 5.64. The minimum absolute atomic E-state index is 0.567. The van der Waals surface area contributed by atoms with Gasteiger partial charge in [0.15, 0.2) is 0 Å². The minimum Gasteiger partial charge on any atom is -0.369 e. The van der Waals surface area contributed by atoms with Crippen molar-refractivity contribution in [2.24, 2.45) is 0 Å². The summed E-state index contributed by atoms with van der Waals surface area (Å²) in [4.78, 5) is 4.61. The van der Waals surface area contributed by atoms with Crippen LogP contribution in [-0.4, -0.2) is 11.5 Å². The first-order chi connectivity index (χ1) is 11.4. The van der Waals surface area contributed by atoms with Gasteiger partial charge in [0, 0.05) is 12.1 Å². The standard InChI is InChI=1S/C20H17N3/c21-15-18-11-12-19(17-9-5-2-6-10-17)23-20(18)22-14-13-16-7-3-1-4-8-16/h1-12H,13-14H2,(H,22,23). The van der Waals surface area contributed by atoms with E-state index in [-0.39, 0.29) is 0 Å². The molecule has 0 radical (unpaired) electrons. The predicted molar refractivity (Wildman–Crippen MR) is 93.0 cm³/mol. The Bertz CT molecular complexity index is 805. The number of nitrogens with one attached hydrogen (secondary N) is 1. The molecular formula is C20H17N3. The Labute approximate surface area is 136 Å². The third-order valence-corrected chi connectivity index (χ3v) is 3.63. The van der Waals surface area contributed by atoms with Gasteiger partial charge in [0.2, 0.25) is 0 Å². The first-order valence-corrected chi connectivity index (χ1v) is 7.61. The summed E-state index contributed by atoms with van der Waals surface area (Å²) < 4.78 is 0. The zero-order chi connectivity index (χ0) is 15.9. The Kier molecular flexibility index (Phi) is 4.66. The molecule has 0 aliphatic rings. The van der Waals surface area contributed by atoms with E-state index in [1.165, 1.54) is 5.56 Å². The van der Waals surface area contributed by atoms with E-state index in [0.717, 1.165) is 24.2 Å². The molecule has 0 fully saturated rings. The summed E-state index contributed by atoms with van der Waals surface area (Å²) in [6.45, 7) is 0.740. The maximum absolute atomic E-state index is 9.27. The van der Waals surface area contributed by atoms with Crippen molar-refractivity contribution in [2.45, 2.75) is 6.42 Å². The van der Waals surface area contributed by atoms with E-state index in [1.54, 1.807) is 0 Å². The van der Waals surface area contributed by atoms with Gasteiger partial charge in [0.1, 0.15) is 11.9 Å². The summed E-state index contributed by atoms with van der Waals surface area (Å²) in [7, 11) is 0. The molecule has 0 aliphatic carbocycles. The quantitative estimate of drug-likeness (QED) is 0.765. The van der Waals surface area contributed by atoms with Crippen molar-refractivity contribution in [2.75, 3.05) is 11.9 Å². The fourth-order valence-corrected chi connectivity index (χ4v) is 2.42. The summed E-state index contributed by atoms with van der Waals surface area (Å²) in [5, 5.41) is 12.6. The number of pyridine rings is 1. The minimum atomic E-state index is 0.567. The second-order valence-corrected chi connectivity index (χ2v) is 5.23. The number of nitriles is 1. The zero-order valence-electron chi connectivity index (χ0n) is 12.7. The van der Waals surface area contributed by atoms with Crippen LogP contribution in [0.3, 0.4) is 0 Å². The van der Waals surface area contributed by atoms with E-state index >= 15 is 0 Å². The van der Waals surface area contributed by atoms with Crippen molar-refractivity contribution in [1.82, 2.24) is 4.98 Å². The van der Waals surface area contributed by atoms with Crippen LogP contribution in [0, 0.1) is 11.3 Å². The highest BCUT2D eigenvalue weighted by Gasteiger charge is 2.06. The van der Waals surface area contributed by atoms with Crippen LogP contribution in [0.4, 0.5) is 5.82 Å². The lowest BCUT2D eigenvalue weighted by Gasteiger charge is -2.09. The third kappa shape index (κ3) is 3.75. The number of hydrogen-bond donors (Lipinski definition) is 1. The van der Waals surface area contributed by atoms with Crippen LogP contribution < -0.4 is 5.32 Å². The summed E-state index contributed by atoms with van der Waals surface area (Å²) >= 11 is 0. The van der Waals surface area contributed by atoms with Crippen molar-refractivity contribution in [3.8, 4) is 17.3 Å². The van der Waals surface area contributed by atoms with Crippen molar-refractivity contribution in [1.29, 1.82) is 5.26 Å². The zero-order valence-corrected chi connectivity index (χ0v) is 12.7. The number of hydrogen-bond acceptors (Lipinski definition) is 3. The molecule has 3 heteroatoms. The summed E-state index contributed by atoms with van der Waals surface area (Å²) in [5.74, 6) is 0.643. The fraction of sp³-hybridized carbons (Fsp3) is 0.100. The molecule has 1 aromatic heterocycles. The molecule has 0 amide bonds. The molecule has 1 N–H and O–H groups in total. The lowest BCUT2D eigenvalue weighted by Crippen LogP contribution is -2.08. The molecule has 0 saturated carbocycles. The molecular weight excluding hydrogens is 282 g/mol. The average Bonchev–Trinajstić information content (AvgIpc) is 2.63. The largest absolute Gasteiger partial charge is 0.369 e. The molecule has 3 aromatic rings. The normalized spacial score (nSPS) is 10.0. The second kappa shape index (κ2) is 7.24. The molecule has 0 aliphatic heterocycles. The second-order valence-electron chi connectivity index (χ2n) is 5.23. The first-order valence-electron chi connectivity index (χ1n) is 7.61. The fourth-order valence-electron chi connectivity index (χ4n) is 2.42. The van der Waals surface area contributed by atoms with Gasteiger partial charge in [-0.2, -0.15) is 5.26 Å². The van der Waals surface area contributed by atoms with E-state index in [0.29, 0.717) is 11.4 Å². The molecule has 3 nitrogen and oxygen atoms in total. The maximum atomic E-state index is 9.27.